The van der Waals surface area contributed by atoms with Gasteiger partial charge in [0.2, 0.25) is 0 Å². The lowest BCUT2D eigenvalue weighted by molar-refractivity contribution is 0.311. The highest BCUT2D eigenvalue weighted by atomic mass is 79.9. The van der Waals surface area contributed by atoms with E-state index in [1.807, 2.05) is 17.8 Å². The highest BCUT2D eigenvalue weighted by molar-refractivity contribution is 9.10. The maximum Gasteiger partial charge on any atom is 0.175 e. The van der Waals surface area contributed by atoms with Crippen LogP contribution in [0.25, 0.3) is 0 Å². The number of hydrogen-bond donors (Lipinski definition) is 1. The van der Waals surface area contributed by atoms with Gasteiger partial charge in [-0.25, -0.2) is 0 Å². The van der Waals surface area contributed by atoms with Crippen LogP contribution in [0.2, 0.25) is 0 Å². The Hall–Kier alpha value is -0.390. The molecule has 0 unspecified atom stereocenters. The second-order valence-corrected chi connectivity index (χ2v) is 6.18. The Kier molecular flexibility index (Phi) is 8.34. The van der Waals surface area contributed by atoms with E-state index in [0.717, 1.165) is 40.6 Å². The van der Waals surface area contributed by atoms with Gasteiger partial charge in [-0.05, 0) is 45.9 Å². The van der Waals surface area contributed by atoms with Crippen molar-refractivity contribution in [3.63, 3.8) is 0 Å². The van der Waals surface area contributed by atoms with E-state index in [0.29, 0.717) is 6.61 Å². The van der Waals surface area contributed by atoms with Gasteiger partial charge >= 0.3 is 0 Å². The van der Waals surface area contributed by atoms with E-state index in [4.69, 9.17) is 9.47 Å². The third-order valence-electron chi connectivity index (χ3n) is 2.55. The maximum atomic E-state index is 5.81. The third kappa shape index (κ3) is 5.63. The zero-order chi connectivity index (χ0) is 14.1. The molecule has 0 aromatic heterocycles. The summed E-state index contributed by atoms with van der Waals surface area (Å²) in [4.78, 5) is 0. The number of hydrogen-bond acceptors (Lipinski definition) is 4. The van der Waals surface area contributed by atoms with Crippen molar-refractivity contribution in [3.05, 3.63) is 22.2 Å². The largest absolute Gasteiger partial charge is 0.493 e. The number of thioether (sulfide) groups is 1. The van der Waals surface area contributed by atoms with Crippen molar-refractivity contribution in [3.8, 4) is 11.5 Å². The van der Waals surface area contributed by atoms with Crippen LogP contribution in [0, 0.1) is 0 Å². The van der Waals surface area contributed by atoms with E-state index < -0.39 is 0 Å². The topological polar surface area (TPSA) is 30.5 Å². The first kappa shape index (κ1) is 16.7. The normalized spacial score (nSPS) is 10.5. The second kappa shape index (κ2) is 9.50. The lowest BCUT2D eigenvalue weighted by Gasteiger charge is -2.14. The molecule has 5 heteroatoms. The summed E-state index contributed by atoms with van der Waals surface area (Å²) in [6.07, 6.45) is 0. The van der Waals surface area contributed by atoms with Gasteiger partial charge in [0.25, 0.3) is 0 Å². The fourth-order valence-corrected chi connectivity index (χ4v) is 2.73. The molecule has 0 fully saturated rings. The van der Waals surface area contributed by atoms with Gasteiger partial charge in [0.05, 0.1) is 18.2 Å². The molecule has 3 nitrogen and oxygen atoms in total. The molecule has 1 aromatic rings. The number of benzene rings is 1. The summed E-state index contributed by atoms with van der Waals surface area (Å²) >= 11 is 5.43. The molecule has 0 saturated carbocycles. The zero-order valence-corrected chi connectivity index (χ0v) is 14.2. The molecule has 0 aliphatic heterocycles. The van der Waals surface area contributed by atoms with E-state index >= 15 is 0 Å². The quantitative estimate of drug-likeness (QED) is 0.690. The highest BCUT2D eigenvalue weighted by Gasteiger charge is 2.11. The molecular weight excluding hydrogens is 326 g/mol. The van der Waals surface area contributed by atoms with Crippen molar-refractivity contribution in [2.24, 2.45) is 0 Å². The first-order chi connectivity index (χ1) is 9.22. The molecule has 1 rings (SSSR count). The Morgan fingerprint density at radius 2 is 2.11 bits per heavy atom. The van der Waals surface area contributed by atoms with E-state index in [1.54, 1.807) is 7.11 Å². The van der Waals surface area contributed by atoms with E-state index in [9.17, 15) is 0 Å². The molecule has 108 valence electrons. The molecular formula is C14H22BrNO2S. The average molecular weight is 348 g/mol. The fraction of sp³-hybridized carbons (Fsp3) is 0.571. The maximum absolute atomic E-state index is 5.81. The fourth-order valence-electron chi connectivity index (χ4n) is 1.63. The summed E-state index contributed by atoms with van der Waals surface area (Å²) in [7, 11) is 1.67. The molecule has 0 radical (unpaired) electrons. The van der Waals surface area contributed by atoms with E-state index in [2.05, 4.69) is 41.2 Å². The first-order valence-electron chi connectivity index (χ1n) is 6.50. The van der Waals surface area contributed by atoms with Crippen LogP contribution in [0.5, 0.6) is 11.5 Å². The Bertz CT molecular complexity index is 388. The Morgan fingerprint density at radius 1 is 1.32 bits per heavy atom. The summed E-state index contributed by atoms with van der Waals surface area (Å²) in [6.45, 7) is 6.72. The molecule has 0 spiro atoms. The van der Waals surface area contributed by atoms with Gasteiger partial charge in [-0.1, -0.05) is 13.8 Å². The number of ether oxygens (including phenoxy) is 2. The van der Waals surface area contributed by atoms with Crippen LogP contribution in [0.4, 0.5) is 0 Å². The molecule has 1 N–H and O–H groups in total. The summed E-state index contributed by atoms with van der Waals surface area (Å²) in [5.41, 5.74) is 1.18. The predicted octanol–water partition coefficient (Wildman–Crippen LogP) is 3.70. The van der Waals surface area contributed by atoms with Crippen LogP contribution in [-0.4, -0.2) is 31.8 Å². The summed E-state index contributed by atoms with van der Waals surface area (Å²) in [5, 5.41) is 3.30. The second-order valence-electron chi connectivity index (χ2n) is 3.93. The van der Waals surface area contributed by atoms with Gasteiger partial charge in [0, 0.05) is 12.3 Å². The van der Waals surface area contributed by atoms with Gasteiger partial charge in [-0.2, -0.15) is 11.8 Å². The number of halogens is 1. The molecule has 1 aromatic carbocycles. The summed E-state index contributed by atoms with van der Waals surface area (Å²) in [5.74, 6) is 3.68. The lowest BCUT2D eigenvalue weighted by Crippen LogP contribution is -2.12. The SMILES string of the molecule is CCNCc1cc(Br)c(OCCSCC)c(OC)c1. The van der Waals surface area contributed by atoms with Gasteiger partial charge in [0.15, 0.2) is 11.5 Å². The van der Waals surface area contributed by atoms with E-state index in [-0.39, 0.29) is 0 Å². The van der Waals surface area contributed by atoms with Crippen LogP contribution in [0.1, 0.15) is 19.4 Å². The predicted molar refractivity (Wildman–Crippen MR) is 86.6 cm³/mol. The monoisotopic (exact) mass is 347 g/mol. The molecule has 0 saturated heterocycles. The van der Waals surface area contributed by atoms with Crippen molar-refractivity contribution in [2.45, 2.75) is 20.4 Å². The number of methoxy groups -OCH3 is 1. The van der Waals surface area contributed by atoms with Gasteiger partial charge in [-0.15, -0.1) is 0 Å². The summed E-state index contributed by atoms with van der Waals surface area (Å²) in [6, 6.07) is 4.10. The third-order valence-corrected chi connectivity index (χ3v) is 4.00. The Labute approximate surface area is 128 Å². The zero-order valence-electron chi connectivity index (χ0n) is 11.8. The molecule has 0 atom stereocenters. The molecule has 0 bridgehead atoms. The van der Waals surface area contributed by atoms with Crippen molar-refractivity contribution in [2.75, 3.05) is 31.8 Å². The van der Waals surface area contributed by atoms with Crippen molar-refractivity contribution in [1.82, 2.24) is 5.32 Å². The van der Waals surface area contributed by atoms with Crippen molar-refractivity contribution >= 4 is 27.7 Å². The average Bonchev–Trinajstić information content (AvgIpc) is 2.42. The molecule has 0 heterocycles. The van der Waals surface area contributed by atoms with Crippen molar-refractivity contribution < 1.29 is 9.47 Å². The lowest BCUT2D eigenvalue weighted by atomic mass is 10.2. The van der Waals surface area contributed by atoms with Crippen molar-refractivity contribution in [1.29, 1.82) is 0 Å². The van der Waals surface area contributed by atoms with Gasteiger partial charge < -0.3 is 14.8 Å². The molecule has 0 amide bonds. The van der Waals surface area contributed by atoms with Crippen LogP contribution in [0.3, 0.4) is 0 Å². The summed E-state index contributed by atoms with van der Waals surface area (Å²) < 4.78 is 12.2. The highest BCUT2D eigenvalue weighted by Crippen LogP contribution is 2.36. The minimum absolute atomic E-state index is 0.694. The molecule has 0 aliphatic carbocycles. The Balaban J connectivity index is 2.73. The van der Waals surface area contributed by atoms with Crippen LogP contribution < -0.4 is 14.8 Å². The number of rotatable bonds is 9. The standard InChI is InChI=1S/C14H22BrNO2S/c1-4-16-10-11-8-12(15)14(13(9-11)17-3)18-6-7-19-5-2/h8-9,16H,4-7,10H2,1-3H3. The van der Waals surface area contributed by atoms with Gasteiger partial charge in [-0.3, -0.25) is 0 Å². The van der Waals surface area contributed by atoms with E-state index in [1.165, 1.54) is 5.56 Å². The minimum atomic E-state index is 0.694. The van der Waals surface area contributed by atoms with Crippen LogP contribution >= 0.6 is 27.7 Å². The Morgan fingerprint density at radius 3 is 2.74 bits per heavy atom. The first-order valence-corrected chi connectivity index (χ1v) is 8.45. The molecule has 19 heavy (non-hydrogen) atoms. The number of nitrogens with one attached hydrogen (secondary N) is 1. The molecule has 0 aliphatic rings. The minimum Gasteiger partial charge on any atom is -0.493 e. The smallest absolute Gasteiger partial charge is 0.175 e. The van der Waals surface area contributed by atoms with Crippen LogP contribution in [0.15, 0.2) is 16.6 Å². The van der Waals surface area contributed by atoms with Crippen LogP contribution in [-0.2, 0) is 6.54 Å². The van der Waals surface area contributed by atoms with Gasteiger partial charge in [0.1, 0.15) is 0 Å².